The zero-order valence-electron chi connectivity index (χ0n) is 14.8. The van der Waals surface area contributed by atoms with Crippen LogP contribution in [0.15, 0.2) is 71.7 Å². The first-order valence-corrected chi connectivity index (χ1v) is 8.78. The van der Waals surface area contributed by atoms with Crippen molar-refractivity contribution in [2.45, 2.75) is 12.5 Å². The standard InChI is InChI=1S/C22H17F2N3O/c23-16-8-13(9-17(24)12-16)10-19(25)22-18(2-1-7-26-22)15-4-3-14-5-6-21(28)27-20(14)11-15/h1-9,11-12,19H,10,25H2,(H,27,28)/t19-/m0/s1. The van der Waals surface area contributed by atoms with Crippen LogP contribution in [-0.4, -0.2) is 9.97 Å². The number of rotatable bonds is 4. The number of halogens is 2. The summed E-state index contributed by atoms with van der Waals surface area (Å²) >= 11 is 0. The Labute approximate surface area is 159 Å². The summed E-state index contributed by atoms with van der Waals surface area (Å²) in [6.07, 6.45) is 1.87. The quantitative estimate of drug-likeness (QED) is 0.562. The maximum absolute atomic E-state index is 13.5. The predicted octanol–water partition coefficient (Wildman–Crippen LogP) is 4.11. The Morgan fingerprint density at radius 2 is 1.75 bits per heavy atom. The van der Waals surface area contributed by atoms with E-state index in [4.69, 9.17) is 5.73 Å². The molecule has 0 saturated heterocycles. The van der Waals surface area contributed by atoms with Crippen LogP contribution in [0.3, 0.4) is 0 Å². The fraction of sp³-hybridized carbons (Fsp3) is 0.0909. The van der Waals surface area contributed by atoms with Crippen LogP contribution in [0.5, 0.6) is 0 Å². The zero-order valence-corrected chi connectivity index (χ0v) is 14.8. The summed E-state index contributed by atoms with van der Waals surface area (Å²) in [4.78, 5) is 18.8. The summed E-state index contributed by atoms with van der Waals surface area (Å²) in [5, 5.41) is 0.910. The van der Waals surface area contributed by atoms with Gasteiger partial charge in [-0.2, -0.15) is 0 Å². The highest BCUT2D eigenvalue weighted by atomic mass is 19.1. The summed E-state index contributed by atoms with van der Waals surface area (Å²) in [5.74, 6) is -1.27. The van der Waals surface area contributed by atoms with Crippen molar-refractivity contribution in [2.75, 3.05) is 0 Å². The van der Waals surface area contributed by atoms with Gasteiger partial charge in [0.05, 0.1) is 11.7 Å². The van der Waals surface area contributed by atoms with Crippen molar-refractivity contribution in [3.05, 3.63) is 100 Å². The fourth-order valence-corrected chi connectivity index (χ4v) is 3.35. The van der Waals surface area contributed by atoms with Crippen molar-refractivity contribution in [1.29, 1.82) is 0 Å². The third-order valence-corrected chi connectivity index (χ3v) is 4.60. The number of H-pyrrole nitrogens is 1. The maximum Gasteiger partial charge on any atom is 0.248 e. The topological polar surface area (TPSA) is 71.8 Å². The molecule has 0 aliphatic carbocycles. The fourth-order valence-electron chi connectivity index (χ4n) is 3.35. The molecule has 0 aliphatic heterocycles. The van der Waals surface area contributed by atoms with Gasteiger partial charge in [-0.15, -0.1) is 0 Å². The van der Waals surface area contributed by atoms with E-state index in [1.54, 1.807) is 18.3 Å². The lowest BCUT2D eigenvalue weighted by molar-refractivity contribution is 0.576. The van der Waals surface area contributed by atoms with E-state index in [1.807, 2.05) is 24.3 Å². The van der Waals surface area contributed by atoms with Crippen LogP contribution in [0.4, 0.5) is 8.78 Å². The second-order valence-electron chi connectivity index (χ2n) is 6.65. The van der Waals surface area contributed by atoms with Gasteiger partial charge >= 0.3 is 0 Å². The van der Waals surface area contributed by atoms with Gasteiger partial charge in [-0.25, -0.2) is 8.78 Å². The van der Waals surface area contributed by atoms with Crippen molar-refractivity contribution in [1.82, 2.24) is 9.97 Å². The second kappa shape index (κ2) is 7.32. The third-order valence-electron chi connectivity index (χ3n) is 4.60. The highest BCUT2D eigenvalue weighted by molar-refractivity contribution is 5.84. The van der Waals surface area contributed by atoms with E-state index in [0.29, 0.717) is 16.8 Å². The first-order chi connectivity index (χ1) is 13.5. The first kappa shape index (κ1) is 18.0. The Bertz CT molecular complexity index is 1200. The van der Waals surface area contributed by atoms with E-state index in [0.717, 1.165) is 22.6 Å². The molecule has 0 spiro atoms. The molecular formula is C22H17F2N3O. The van der Waals surface area contributed by atoms with Gasteiger partial charge in [0, 0.05) is 29.4 Å². The van der Waals surface area contributed by atoms with E-state index >= 15 is 0 Å². The van der Waals surface area contributed by atoms with Gasteiger partial charge in [0.25, 0.3) is 0 Å². The number of hydrogen-bond acceptors (Lipinski definition) is 3. The van der Waals surface area contributed by atoms with E-state index < -0.39 is 17.7 Å². The monoisotopic (exact) mass is 377 g/mol. The molecule has 28 heavy (non-hydrogen) atoms. The number of pyridine rings is 2. The molecule has 0 unspecified atom stereocenters. The zero-order chi connectivity index (χ0) is 19.7. The SMILES string of the molecule is N[C@@H](Cc1cc(F)cc(F)c1)c1ncccc1-c1ccc2ccc(=O)[nH]c2c1. The lowest BCUT2D eigenvalue weighted by Crippen LogP contribution is -2.16. The van der Waals surface area contributed by atoms with Crippen LogP contribution >= 0.6 is 0 Å². The van der Waals surface area contributed by atoms with Gasteiger partial charge in [-0.1, -0.05) is 18.2 Å². The van der Waals surface area contributed by atoms with Gasteiger partial charge in [-0.05, 0) is 53.3 Å². The molecule has 2 aromatic heterocycles. The van der Waals surface area contributed by atoms with Crippen molar-refractivity contribution < 1.29 is 8.78 Å². The predicted molar refractivity (Wildman–Crippen MR) is 105 cm³/mol. The van der Waals surface area contributed by atoms with Crippen LogP contribution < -0.4 is 11.3 Å². The molecule has 2 heterocycles. The molecule has 1 atom stereocenters. The van der Waals surface area contributed by atoms with Gasteiger partial charge in [0.2, 0.25) is 5.56 Å². The highest BCUT2D eigenvalue weighted by Gasteiger charge is 2.16. The Kier molecular flexibility index (Phi) is 4.71. The van der Waals surface area contributed by atoms with Crippen LogP contribution in [0.1, 0.15) is 17.3 Å². The van der Waals surface area contributed by atoms with Crippen LogP contribution in [0.2, 0.25) is 0 Å². The van der Waals surface area contributed by atoms with E-state index in [-0.39, 0.29) is 12.0 Å². The lowest BCUT2D eigenvalue weighted by Gasteiger charge is -2.16. The van der Waals surface area contributed by atoms with Gasteiger partial charge in [0.15, 0.2) is 0 Å². The van der Waals surface area contributed by atoms with Crippen LogP contribution in [-0.2, 0) is 6.42 Å². The maximum atomic E-state index is 13.5. The molecule has 6 heteroatoms. The first-order valence-electron chi connectivity index (χ1n) is 8.78. The number of nitrogens with one attached hydrogen (secondary N) is 1. The van der Waals surface area contributed by atoms with Gasteiger partial charge in [-0.3, -0.25) is 9.78 Å². The van der Waals surface area contributed by atoms with Crippen molar-refractivity contribution in [3.8, 4) is 11.1 Å². The van der Waals surface area contributed by atoms with E-state index in [1.165, 1.54) is 18.2 Å². The number of benzene rings is 2. The van der Waals surface area contributed by atoms with Gasteiger partial charge in [0.1, 0.15) is 11.6 Å². The Balaban J connectivity index is 1.73. The number of fused-ring (bicyclic) bond motifs is 1. The van der Waals surface area contributed by atoms with Crippen LogP contribution in [0, 0.1) is 11.6 Å². The minimum atomic E-state index is -0.637. The second-order valence-corrected chi connectivity index (χ2v) is 6.65. The minimum Gasteiger partial charge on any atom is -0.322 e. The molecule has 3 N–H and O–H groups in total. The largest absolute Gasteiger partial charge is 0.322 e. The number of aromatic amines is 1. The number of hydrogen-bond donors (Lipinski definition) is 2. The molecule has 0 bridgehead atoms. The van der Waals surface area contributed by atoms with Crippen LogP contribution in [0.25, 0.3) is 22.0 Å². The summed E-state index contributed by atoms with van der Waals surface area (Å²) in [5.41, 5.74) is 9.59. The van der Waals surface area contributed by atoms with Crippen molar-refractivity contribution >= 4 is 10.9 Å². The Hall–Kier alpha value is -3.38. The summed E-state index contributed by atoms with van der Waals surface area (Å²) in [6, 6.07) is 15.4. The molecule has 140 valence electrons. The molecule has 4 aromatic rings. The smallest absolute Gasteiger partial charge is 0.248 e. The molecule has 0 amide bonds. The number of aromatic nitrogens is 2. The van der Waals surface area contributed by atoms with E-state index in [9.17, 15) is 13.6 Å². The summed E-state index contributed by atoms with van der Waals surface area (Å²) in [6.45, 7) is 0. The molecule has 0 fully saturated rings. The normalized spacial score (nSPS) is 12.2. The number of nitrogens with zero attached hydrogens (tertiary/aromatic N) is 1. The molecule has 0 radical (unpaired) electrons. The van der Waals surface area contributed by atoms with Gasteiger partial charge < -0.3 is 10.7 Å². The molecule has 0 aliphatic rings. The minimum absolute atomic E-state index is 0.180. The molecule has 4 nitrogen and oxygen atoms in total. The van der Waals surface area contributed by atoms with Crippen molar-refractivity contribution in [2.24, 2.45) is 5.73 Å². The molecule has 4 rings (SSSR count). The van der Waals surface area contributed by atoms with Crippen molar-refractivity contribution in [3.63, 3.8) is 0 Å². The average molecular weight is 377 g/mol. The number of nitrogens with two attached hydrogens (primary N) is 1. The highest BCUT2D eigenvalue weighted by Crippen LogP contribution is 2.29. The average Bonchev–Trinajstić information content (AvgIpc) is 2.66. The molecular weight excluding hydrogens is 360 g/mol. The summed E-state index contributed by atoms with van der Waals surface area (Å²) < 4.78 is 27.0. The van der Waals surface area contributed by atoms with E-state index in [2.05, 4.69) is 9.97 Å². The molecule has 2 aromatic carbocycles. The Morgan fingerprint density at radius 1 is 1.00 bits per heavy atom. The summed E-state index contributed by atoms with van der Waals surface area (Å²) in [7, 11) is 0. The molecule has 0 saturated carbocycles. The third kappa shape index (κ3) is 3.68. The lowest BCUT2D eigenvalue weighted by atomic mass is 9.95. The Morgan fingerprint density at radius 3 is 2.54 bits per heavy atom.